The molecule has 0 aliphatic rings. The lowest BCUT2D eigenvalue weighted by atomic mass is 10.1. The first-order chi connectivity index (χ1) is 8.09. The quantitative estimate of drug-likeness (QED) is 0.513. The van der Waals surface area contributed by atoms with E-state index >= 15 is 0 Å². The third-order valence-corrected chi connectivity index (χ3v) is 3.15. The number of nitrogens with two attached hydrogens (primary N) is 1. The van der Waals surface area contributed by atoms with Crippen LogP contribution in [-0.2, 0) is 0 Å². The Morgan fingerprint density at radius 2 is 1.94 bits per heavy atom. The van der Waals surface area contributed by atoms with E-state index in [-0.39, 0.29) is 21.3 Å². The number of hydrogen-bond donors (Lipinski definition) is 1. The summed E-state index contributed by atoms with van der Waals surface area (Å²) in [6.07, 6.45) is 0. The van der Waals surface area contributed by atoms with Crippen molar-refractivity contribution in [2.45, 2.75) is 0 Å². The number of thiophene rings is 1. The Morgan fingerprint density at radius 3 is 2.47 bits per heavy atom. The monoisotopic (exact) mass is 248 g/mol. The highest BCUT2D eigenvalue weighted by Crippen LogP contribution is 2.32. The highest BCUT2D eigenvalue weighted by Gasteiger charge is 2.20. The van der Waals surface area contributed by atoms with Crippen LogP contribution in [0.1, 0.15) is 15.2 Å². The summed E-state index contributed by atoms with van der Waals surface area (Å²) in [6, 6.07) is 9.79. The van der Waals surface area contributed by atoms with Crippen molar-refractivity contribution in [1.82, 2.24) is 0 Å². The molecule has 1 aromatic carbocycles. The summed E-state index contributed by atoms with van der Waals surface area (Å²) in [4.78, 5) is 22.3. The van der Waals surface area contributed by atoms with Gasteiger partial charge in [-0.3, -0.25) is 14.9 Å². The molecule has 0 radical (unpaired) electrons. The molecule has 0 saturated heterocycles. The van der Waals surface area contributed by atoms with Gasteiger partial charge in [0.15, 0.2) is 5.00 Å². The molecule has 0 bridgehead atoms. The number of nitrogen functional groups attached to an aromatic ring is 1. The lowest BCUT2D eigenvalue weighted by Gasteiger charge is -1.95. The Kier molecular flexibility index (Phi) is 2.88. The van der Waals surface area contributed by atoms with Crippen molar-refractivity contribution in [2.75, 3.05) is 5.73 Å². The molecule has 0 aliphatic carbocycles. The molecular formula is C11H8N2O3S. The summed E-state index contributed by atoms with van der Waals surface area (Å²) in [7, 11) is 0. The maximum atomic E-state index is 12.0. The van der Waals surface area contributed by atoms with Crippen molar-refractivity contribution in [3.63, 3.8) is 0 Å². The molecule has 17 heavy (non-hydrogen) atoms. The lowest BCUT2D eigenvalue weighted by Crippen LogP contribution is -1.97. The third-order valence-electron chi connectivity index (χ3n) is 2.20. The molecule has 2 N–H and O–H groups in total. The Balaban J connectivity index is 2.39. The van der Waals surface area contributed by atoms with Gasteiger partial charge in [0.2, 0.25) is 5.78 Å². The maximum Gasteiger partial charge on any atom is 0.303 e. The van der Waals surface area contributed by atoms with Crippen LogP contribution in [0.4, 0.5) is 10.7 Å². The van der Waals surface area contributed by atoms with Gasteiger partial charge in [-0.25, -0.2) is 0 Å². The van der Waals surface area contributed by atoms with Crippen LogP contribution in [0.3, 0.4) is 0 Å². The number of benzene rings is 1. The predicted molar refractivity (Wildman–Crippen MR) is 65.3 cm³/mol. The fourth-order valence-corrected chi connectivity index (χ4v) is 2.24. The minimum Gasteiger partial charge on any atom is -0.385 e. The van der Waals surface area contributed by atoms with Gasteiger partial charge in [0.25, 0.3) is 0 Å². The fourth-order valence-electron chi connectivity index (χ4n) is 1.38. The molecule has 1 heterocycles. The molecule has 5 nitrogen and oxygen atoms in total. The highest BCUT2D eigenvalue weighted by molar-refractivity contribution is 7.18. The van der Waals surface area contributed by atoms with Crippen molar-refractivity contribution < 1.29 is 9.72 Å². The first-order valence-corrected chi connectivity index (χ1v) is 5.54. The predicted octanol–water partition coefficient (Wildman–Crippen LogP) is 2.47. The number of hydrogen-bond acceptors (Lipinski definition) is 5. The van der Waals surface area contributed by atoms with Gasteiger partial charge in [0.1, 0.15) is 0 Å². The molecule has 1 aromatic heterocycles. The topological polar surface area (TPSA) is 86.2 Å². The molecule has 2 rings (SSSR count). The second-order valence-corrected chi connectivity index (χ2v) is 4.40. The third kappa shape index (κ3) is 2.16. The summed E-state index contributed by atoms with van der Waals surface area (Å²) in [5.41, 5.74) is 5.76. The number of carbonyl (C=O) groups is 1. The number of nitro groups is 1. The lowest BCUT2D eigenvalue weighted by molar-refractivity contribution is -0.383. The fraction of sp³-hybridized carbons (Fsp3) is 0. The normalized spacial score (nSPS) is 10.1. The van der Waals surface area contributed by atoms with Crippen molar-refractivity contribution in [3.05, 3.63) is 57.0 Å². The number of rotatable bonds is 3. The maximum absolute atomic E-state index is 12.0. The van der Waals surface area contributed by atoms with E-state index in [1.807, 2.05) is 0 Å². The SMILES string of the molecule is Nc1sc(C(=O)c2ccccc2)cc1[N+](=O)[O-]. The molecule has 0 aliphatic heterocycles. The second kappa shape index (κ2) is 4.34. The second-order valence-electron chi connectivity index (χ2n) is 3.31. The molecule has 0 fully saturated rings. The summed E-state index contributed by atoms with van der Waals surface area (Å²) in [5.74, 6) is -0.254. The first kappa shape index (κ1) is 11.3. The summed E-state index contributed by atoms with van der Waals surface area (Å²) < 4.78 is 0. The van der Waals surface area contributed by atoms with Gasteiger partial charge < -0.3 is 5.73 Å². The van der Waals surface area contributed by atoms with Crippen molar-refractivity contribution >= 4 is 27.8 Å². The van der Waals surface area contributed by atoms with E-state index in [0.29, 0.717) is 5.56 Å². The summed E-state index contributed by atoms with van der Waals surface area (Å²) in [6.45, 7) is 0. The number of nitrogens with zero attached hydrogens (tertiary/aromatic N) is 1. The zero-order valence-corrected chi connectivity index (χ0v) is 9.44. The average Bonchev–Trinajstić information content (AvgIpc) is 2.71. The number of ketones is 1. The van der Waals surface area contributed by atoms with Crippen molar-refractivity contribution in [1.29, 1.82) is 0 Å². The van der Waals surface area contributed by atoms with E-state index in [9.17, 15) is 14.9 Å². The van der Waals surface area contributed by atoms with Crippen LogP contribution in [-0.4, -0.2) is 10.7 Å². The Morgan fingerprint density at radius 1 is 1.29 bits per heavy atom. The molecule has 86 valence electrons. The van der Waals surface area contributed by atoms with Gasteiger partial charge in [-0.2, -0.15) is 0 Å². The van der Waals surface area contributed by atoms with Crippen LogP contribution in [0, 0.1) is 10.1 Å². The van der Waals surface area contributed by atoms with Crippen LogP contribution in [0.2, 0.25) is 0 Å². The van der Waals surface area contributed by atoms with Crippen molar-refractivity contribution in [2.24, 2.45) is 0 Å². The molecular weight excluding hydrogens is 240 g/mol. The van der Waals surface area contributed by atoms with Gasteiger partial charge >= 0.3 is 5.69 Å². The largest absolute Gasteiger partial charge is 0.385 e. The molecule has 6 heteroatoms. The minimum absolute atomic E-state index is 0.0503. The molecule has 0 spiro atoms. The van der Waals surface area contributed by atoms with E-state index in [4.69, 9.17) is 5.73 Å². The highest BCUT2D eigenvalue weighted by atomic mass is 32.1. The van der Waals surface area contributed by atoms with Gasteiger partial charge in [0.05, 0.1) is 9.80 Å². The van der Waals surface area contributed by atoms with Crippen LogP contribution in [0.25, 0.3) is 0 Å². The number of anilines is 1. The molecule has 0 unspecified atom stereocenters. The van der Waals surface area contributed by atoms with Crippen LogP contribution in [0.15, 0.2) is 36.4 Å². The van der Waals surface area contributed by atoms with Gasteiger partial charge in [-0.1, -0.05) is 30.3 Å². The Labute approximate surface area is 101 Å². The van der Waals surface area contributed by atoms with E-state index in [1.54, 1.807) is 30.3 Å². The smallest absolute Gasteiger partial charge is 0.303 e. The molecule has 0 amide bonds. The first-order valence-electron chi connectivity index (χ1n) is 4.73. The van der Waals surface area contributed by atoms with Crippen molar-refractivity contribution in [3.8, 4) is 0 Å². The van der Waals surface area contributed by atoms with E-state index in [2.05, 4.69) is 0 Å². The van der Waals surface area contributed by atoms with Gasteiger partial charge in [-0.15, -0.1) is 11.3 Å². The zero-order valence-electron chi connectivity index (χ0n) is 8.62. The minimum atomic E-state index is -0.590. The molecule has 2 aromatic rings. The average molecular weight is 248 g/mol. The van der Waals surface area contributed by atoms with Gasteiger partial charge in [-0.05, 0) is 0 Å². The molecule has 0 atom stereocenters. The standard InChI is InChI=1S/C11H8N2O3S/c12-11-8(13(15)16)6-9(17-11)10(14)7-4-2-1-3-5-7/h1-6H,12H2. The van der Waals surface area contributed by atoms with Crippen LogP contribution >= 0.6 is 11.3 Å². The summed E-state index contributed by atoms with van der Waals surface area (Å²) >= 11 is 0.932. The van der Waals surface area contributed by atoms with Crippen LogP contribution in [0.5, 0.6) is 0 Å². The zero-order chi connectivity index (χ0) is 12.4. The number of carbonyl (C=O) groups excluding carboxylic acids is 1. The Bertz CT molecular complexity index is 578. The molecule has 0 saturated carbocycles. The van der Waals surface area contributed by atoms with Gasteiger partial charge in [0, 0.05) is 11.6 Å². The van der Waals surface area contributed by atoms with E-state index < -0.39 is 4.92 Å². The van der Waals surface area contributed by atoms with E-state index in [1.165, 1.54) is 6.07 Å². The van der Waals surface area contributed by atoms with E-state index in [0.717, 1.165) is 11.3 Å². The van der Waals surface area contributed by atoms with Crippen LogP contribution < -0.4 is 5.73 Å². The summed E-state index contributed by atoms with van der Waals surface area (Å²) in [5, 5.41) is 10.7. The Hall–Kier alpha value is -2.21.